The molecule has 3 aliphatic heterocycles. The van der Waals surface area contributed by atoms with E-state index in [0.717, 1.165) is 25.7 Å². The summed E-state index contributed by atoms with van der Waals surface area (Å²) in [4.78, 5) is -0.307. The molecule has 0 amide bonds. The molecule has 0 radical (unpaired) electrons. The zero-order chi connectivity index (χ0) is 32.5. The number of nitrogens with one attached hydrogen (secondary N) is 4. The molecule has 0 bridgehead atoms. The van der Waals surface area contributed by atoms with Crippen LogP contribution in [0.1, 0.15) is 57.8 Å². The second-order valence-electron chi connectivity index (χ2n) is 14.2. The van der Waals surface area contributed by atoms with Gasteiger partial charge in [-0.1, -0.05) is 0 Å². The topological polar surface area (TPSA) is 185 Å². The number of hydrogen-bond acceptors (Lipinski definition) is 14. The van der Waals surface area contributed by atoms with E-state index in [9.17, 15) is 39.4 Å². The molecule has 10 N–H and O–H groups in total. The summed E-state index contributed by atoms with van der Waals surface area (Å²) in [6.45, 7) is 0.229. The summed E-state index contributed by atoms with van der Waals surface area (Å²) in [6, 6.07) is -1.60. The van der Waals surface area contributed by atoms with Crippen molar-refractivity contribution in [3.8, 4) is 0 Å². The monoisotopic (exact) mass is 746 g/mol. The number of ether oxygens (including phenoxy) is 1. The van der Waals surface area contributed by atoms with Gasteiger partial charge in [-0.3, -0.25) is 0 Å². The first-order chi connectivity index (χ1) is 22.2. The Morgan fingerprint density at radius 1 is 0.717 bits per heavy atom. The van der Waals surface area contributed by atoms with Crippen LogP contribution in [0, 0.1) is 17.8 Å². The van der Waals surface area contributed by atoms with Crippen LogP contribution in [0.5, 0.6) is 0 Å². The van der Waals surface area contributed by atoms with Crippen LogP contribution in [-0.2, 0) is 4.74 Å². The summed E-state index contributed by atoms with van der Waals surface area (Å²) in [5.41, 5.74) is 11.8. The van der Waals surface area contributed by atoms with Gasteiger partial charge in [0.05, 0.1) is 0 Å². The molecule has 13 nitrogen and oxygen atoms in total. The van der Waals surface area contributed by atoms with Crippen molar-refractivity contribution >= 4 is 24.0 Å². The molecule has 3 heterocycles. The fourth-order valence-electron chi connectivity index (χ4n) is 8.49. The summed E-state index contributed by atoms with van der Waals surface area (Å²) in [7, 11) is 1.33. The van der Waals surface area contributed by atoms with Crippen LogP contribution in [0.25, 0.3) is 0 Å². The fourth-order valence-corrected chi connectivity index (χ4v) is 14.1. The van der Waals surface area contributed by atoms with E-state index in [-0.39, 0.29) is 35.3 Å². The van der Waals surface area contributed by atoms with Crippen molar-refractivity contribution in [2.24, 2.45) is 17.8 Å². The van der Waals surface area contributed by atoms with Gasteiger partial charge in [-0.25, -0.2) is 0 Å². The molecule has 3 saturated carbocycles. The van der Waals surface area contributed by atoms with Crippen LogP contribution >= 0.6 is 10.2 Å². The normalized spacial score (nSPS) is 49.8. The van der Waals surface area contributed by atoms with Crippen molar-refractivity contribution in [3.63, 3.8) is 0 Å². The Labute approximate surface area is 278 Å². The van der Waals surface area contributed by atoms with E-state index in [2.05, 4.69) is 21.9 Å². The summed E-state index contributed by atoms with van der Waals surface area (Å²) in [5.74, 6) is -0.189. The molecular formula is C29H52F2N6O7SSe. The molecule has 0 spiro atoms. The number of nitrogens with zero attached hydrogens (tertiary/aromatic N) is 2. The van der Waals surface area contributed by atoms with Gasteiger partial charge >= 0.3 is 279 Å². The van der Waals surface area contributed by atoms with Crippen molar-refractivity contribution in [1.82, 2.24) is 31.9 Å². The maximum absolute atomic E-state index is 14.1. The second kappa shape index (κ2) is 16.0. The van der Waals surface area contributed by atoms with Crippen LogP contribution in [0.15, 0.2) is 0 Å². The summed E-state index contributed by atoms with van der Waals surface area (Å²) >= 11 is -0.390. The van der Waals surface area contributed by atoms with Gasteiger partial charge in [-0.05, 0) is 0 Å². The first-order valence-corrected chi connectivity index (χ1v) is 20.8. The Morgan fingerprint density at radius 2 is 1.28 bits per heavy atom. The Balaban J connectivity index is 1.09. The van der Waals surface area contributed by atoms with E-state index in [4.69, 9.17) is 4.74 Å². The molecule has 46 heavy (non-hydrogen) atoms. The van der Waals surface area contributed by atoms with Gasteiger partial charge in [-0.15, -0.1) is 0 Å². The molecule has 266 valence electrons. The average Bonchev–Trinajstić information content (AvgIpc) is 3.73. The van der Waals surface area contributed by atoms with Gasteiger partial charge in [0.15, 0.2) is 0 Å². The molecule has 6 rings (SSSR count). The number of aliphatic hydroxyl groups excluding tert-OH is 6. The van der Waals surface area contributed by atoms with Gasteiger partial charge < -0.3 is 0 Å². The van der Waals surface area contributed by atoms with Crippen LogP contribution < -0.4 is 21.9 Å². The van der Waals surface area contributed by atoms with Gasteiger partial charge in [-0.2, -0.15) is 0 Å². The summed E-state index contributed by atoms with van der Waals surface area (Å²) in [5, 5.41) is 69.1. The third-order valence-electron chi connectivity index (χ3n) is 11.2. The third-order valence-corrected chi connectivity index (χ3v) is 16.6. The quantitative estimate of drug-likeness (QED) is 0.123. The van der Waals surface area contributed by atoms with Crippen molar-refractivity contribution in [2.45, 2.75) is 135 Å². The zero-order valence-electron chi connectivity index (χ0n) is 26.0. The number of rotatable bonds is 9. The molecule has 0 aromatic carbocycles. The van der Waals surface area contributed by atoms with Crippen LogP contribution in [0.4, 0.5) is 8.78 Å². The Bertz CT molecular complexity index is 921. The SMILES string of the molecule is OC[C@H]1C[C@@H]([Se]S[C@@H]2O[C@H](CO)[C@H](O)[C@H](N3CC(C4CCCC(F)C4)NN3)[C@H]2O)[C@H](O)[C@@H](N2CC(C3CCCC(F)C3)NN2)[C@H]1O. The summed E-state index contributed by atoms with van der Waals surface area (Å²) < 4.78 is 34.2. The number of hydrazine groups is 4. The standard InChI is InChI=1S/C29H52F2N6O7SSe/c30-17-5-1-3-14(7-17)19-10-36(34-32-19)23-25(40)16(12-38)9-22(27(23)42)46-45-29-28(43)24(26(41)21(13-39)44-29)37-11-20(33-35-37)15-4-2-6-18(31)8-15/h14-29,32-35,38-43H,1-13H2/t14?,15?,16-,17?,18?,19?,20?,21-,22-,23+,24+,25+,26+,27+,28-,29+/m1/s1. The first-order valence-electron chi connectivity index (χ1n) is 16.9. The van der Waals surface area contributed by atoms with E-state index in [1.54, 1.807) is 10.0 Å². The van der Waals surface area contributed by atoms with Crippen molar-refractivity contribution < 1.29 is 44.2 Å². The van der Waals surface area contributed by atoms with Crippen LogP contribution in [-0.4, -0.2) is 153 Å². The van der Waals surface area contributed by atoms with Gasteiger partial charge in [0.25, 0.3) is 0 Å². The molecule has 6 unspecified atom stereocenters. The Morgan fingerprint density at radius 3 is 1.80 bits per heavy atom. The van der Waals surface area contributed by atoms with Gasteiger partial charge in [0, 0.05) is 0 Å². The van der Waals surface area contributed by atoms with Gasteiger partial charge in [0.2, 0.25) is 0 Å². The summed E-state index contributed by atoms with van der Waals surface area (Å²) in [6.07, 6.45) is -0.842. The van der Waals surface area contributed by atoms with E-state index >= 15 is 0 Å². The van der Waals surface area contributed by atoms with Crippen molar-refractivity contribution in [1.29, 1.82) is 0 Å². The van der Waals surface area contributed by atoms with Gasteiger partial charge in [0.1, 0.15) is 0 Å². The van der Waals surface area contributed by atoms with E-state index in [1.165, 1.54) is 10.2 Å². The van der Waals surface area contributed by atoms with E-state index in [0.29, 0.717) is 45.2 Å². The molecule has 6 aliphatic rings. The molecule has 16 atom stereocenters. The molecule has 0 aromatic heterocycles. The Hall–Kier alpha value is 0.209. The number of aliphatic hydroxyl groups is 6. The number of hydrogen-bond donors (Lipinski definition) is 10. The Kier molecular flexibility index (Phi) is 12.6. The predicted octanol–water partition coefficient (Wildman–Crippen LogP) is -1.52. The minimum atomic E-state index is -1.19. The number of halogens is 2. The fraction of sp³-hybridized carbons (Fsp3) is 1.00. The molecule has 0 aromatic rings. The molecule has 3 saturated heterocycles. The molecule has 3 aliphatic carbocycles. The molecular weight excluding hydrogens is 693 g/mol. The maximum atomic E-state index is 14.1. The predicted molar refractivity (Wildman–Crippen MR) is 167 cm³/mol. The second-order valence-corrected chi connectivity index (χ2v) is 18.7. The molecule has 17 heteroatoms. The average molecular weight is 746 g/mol. The van der Waals surface area contributed by atoms with Crippen molar-refractivity contribution in [3.05, 3.63) is 0 Å². The van der Waals surface area contributed by atoms with E-state index in [1.807, 2.05) is 0 Å². The zero-order valence-corrected chi connectivity index (χ0v) is 28.5. The minimum absolute atomic E-state index is 0.0276. The van der Waals surface area contributed by atoms with Crippen LogP contribution in [0.2, 0.25) is 4.82 Å². The van der Waals surface area contributed by atoms with Crippen LogP contribution in [0.3, 0.4) is 0 Å². The first kappa shape index (κ1) is 36.0. The third kappa shape index (κ3) is 7.75. The molecule has 6 fully saturated rings. The van der Waals surface area contributed by atoms with Crippen molar-refractivity contribution in [2.75, 3.05) is 26.3 Å². The number of alkyl halides is 2. The van der Waals surface area contributed by atoms with E-state index < -0.39 is 86.7 Å².